The van der Waals surface area contributed by atoms with Crippen LogP contribution in [0.15, 0.2) is 60.2 Å². The van der Waals surface area contributed by atoms with Crippen LogP contribution in [0.5, 0.6) is 0 Å². The van der Waals surface area contributed by atoms with E-state index in [0.717, 1.165) is 31.4 Å². The van der Waals surface area contributed by atoms with Gasteiger partial charge in [-0.05, 0) is 109 Å². The molecule has 3 rings (SSSR count). The van der Waals surface area contributed by atoms with Crippen molar-refractivity contribution in [1.82, 2.24) is 0 Å². The predicted molar refractivity (Wildman–Crippen MR) is 166 cm³/mol. The zero-order chi connectivity index (χ0) is 27.8. The van der Waals surface area contributed by atoms with Gasteiger partial charge in [-0.25, -0.2) is 0 Å². The van der Waals surface area contributed by atoms with Crippen molar-refractivity contribution in [2.45, 2.75) is 120 Å². The second kappa shape index (κ2) is 13.5. The first kappa shape index (κ1) is 30.9. The minimum atomic E-state index is 0.216. The molecule has 2 aromatic carbocycles. The molecule has 1 heteroatoms. The molecular weight excluding hydrogens is 446 g/mol. The molecule has 37 heavy (non-hydrogen) atoms. The molecule has 0 aromatic heterocycles. The van der Waals surface area contributed by atoms with Gasteiger partial charge in [0.2, 0.25) is 0 Å². The Balaban J connectivity index is 0.00000235. The molecule has 0 fully saturated rings. The third kappa shape index (κ3) is 7.86. The van der Waals surface area contributed by atoms with Gasteiger partial charge < -0.3 is 5.73 Å². The van der Waals surface area contributed by atoms with Gasteiger partial charge in [-0.2, -0.15) is 0 Å². The molecule has 204 valence electrons. The van der Waals surface area contributed by atoms with E-state index in [1.807, 2.05) is 26.0 Å². The van der Waals surface area contributed by atoms with Crippen molar-refractivity contribution in [3.63, 3.8) is 0 Å². The largest absolute Gasteiger partial charge is 0.399 e. The van der Waals surface area contributed by atoms with E-state index in [2.05, 4.69) is 85.4 Å². The normalized spacial score (nSPS) is 19.6. The van der Waals surface area contributed by atoms with Crippen LogP contribution in [0.3, 0.4) is 0 Å². The molecule has 0 heterocycles. The minimum Gasteiger partial charge on any atom is -0.399 e. The number of unbranched alkanes of at least 4 members (excludes halogenated alkanes) is 2. The molecule has 0 spiro atoms. The average Bonchev–Trinajstić information content (AvgIpc) is 2.83. The van der Waals surface area contributed by atoms with Crippen LogP contribution < -0.4 is 5.73 Å². The van der Waals surface area contributed by atoms with E-state index in [1.54, 1.807) is 5.56 Å². The first-order valence-electron chi connectivity index (χ1n) is 14.7. The highest BCUT2D eigenvalue weighted by Gasteiger charge is 2.46. The molecule has 1 aliphatic carbocycles. The Morgan fingerprint density at radius 1 is 1.00 bits per heavy atom. The van der Waals surface area contributed by atoms with E-state index in [0.29, 0.717) is 5.92 Å². The number of allylic oxidation sites excluding steroid dienone is 3. The van der Waals surface area contributed by atoms with Gasteiger partial charge in [0.05, 0.1) is 0 Å². The highest BCUT2D eigenvalue weighted by Crippen LogP contribution is 2.57. The minimum absolute atomic E-state index is 0.216. The third-order valence-corrected chi connectivity index (χ3v) is 8.71. The van der Waals surface area contributed by atoms with Gasteiger partial charge >= 0.3 is 0 Å². The Morgan fingerprint density at radius 2 is 1.65 bits per heavy atom. The molecule has 2 aromatic rings. The van der Waals surface area contributed by atoms with E-state index in [-0.39, 0.29) is 10.8 Å². The second-order valence-corrected chi connectivity index (χ2v) is 12.5. The first-order valence-corrected chi connectivity index (χ1v) is 14.7. The highest BCUT2D eigenvalue weighted by atomic mass is 14.5. The standard InChI is InChI=1S/C34H49N.C2H6/c1-9-10-11-12-28-22-26(4)32(31-21-24(2)17-18-34(31,8)33(5,6)7)29(23-28)20-25(3)19-27-13-15-30(35)16-14-27;1-2/h13-17,22-23,31H,3,9-12,18-21,35H2,1-2,4-8H3;1-2H3. The maximum Gasteiger partial charge on any atom is 0.0314 e. The molecular formula is C36H55N. The summed E-state index contributed by atoms with van der Waals surface area (Å²) in [6.45, 7) is 25.3. The lowest BCUT2D eigenvalue weighted by molar-refractivity contribution is 0.0673. The molecule has 1 nitrogen and oxygen atoms in total. The fourth-order valence-electron chi connectivity index (χ4n) is 5.99. The lowest BCUT2D eigenvalue weighted by Gasteiger charge is -2.51. The van der Waals surface area contributed by atoms with Gasteiger partial charge in [0.15, 0.2) is 0 Å². The van der Waals surface area contributed by atoms with Crippen LogP contribution in [-0.2, 0) is 19.3 Å². The summed E-state index contributed by atoms with van der Waals surface area (Å²) in [5.74, 6) is 0.525. The first-order chi connectivity index (χ1) is 17.4. The number of rotatable bonds is 9. The number of hydrogen-bond acceptors (Lipinski definition) is 1. The van der Waals surface area contributed by atoms with Crippen LogP contribution in [0.1, 0.15) is 121 Å². The van der Waals surface area contributed by atoms with Crippen LogP contribution in [0.25, 0.3) is 0 Å². The van der Waals surface area contributed by atoms with Gasteiger partial charge in [-0.1, -0.05) is 109 Å². The van der Waals surface area contributed by atoms with Gasteiger partial charge in [0, 0.05) is 5.69 Å². The van der Waals surface area contributed by atoms with E-state index in [4.69, 9.17) is 5.73 Å². The molecule has 1 aliphatic rings. The zero-order valence-corrected chi connectivity index (χ0v) is 25.6. The summed E-state index contributed by atoms with van der Waals surface area (Å²) < 4.78 is 0. The van der Waals surface area contributed by atoms with E-state index >= 15 is 0 Å². The third-order valence-electron chi connectivity index (χ3n) is 8.71. The highest BCUT2D eigenvalue weighted by molar-refractivity contribution is 5.46. The summed E-state index contributed by atoms with van der Waals surface area (Å²) >= 11 is 0. The monoisotopic (exact) mass is 501 g/mol. The predicted octanol–water partition coefficient (Wildman–Crippen LogP) is 10.6. The van der Waals surface area contributed by atoms with Crippen LogP contribution in [0, 0.1) is 17.8 Å². The van der Waals surface area contributed by atoms with Gasteiger partial charge in [-0.3, -0.25) is 0 Å². The Morgan fingerprint density at radius 3 is 2.24 bits per heavy atom. The van der Waals surface area contributed by atoms with Crippen molar-refractivity contribution in [3.05, 3.63) is 88.0 Å². The lowest BCUT2D eigenvalue weighted by Crippen LogP contribution is -2.40. The zero-order valence-electron chi connectivity index (χ0n) is 25.6. The van der Waals surface area contributed by atoms with Crippen molar-refractivity contribution in [3.8, 4) is 0 Å². The number of nitrogens with two attached hydrogens (primary N) is 1. The Labute approximate surface area is 229 Å². The van der Waals surface area contributed by atoms with E-state index in [1.165, 1.54) is 59.1 Å². The molecule has 0 aliphatic heterocycles. The average molecular weight is 502 g/mol. The van der Waals surface area contributed by atoms with Crippen molar-refractivity contribution >= 4 is 5.69 Å². The molecule has 0 amide bonds. The summed E-state index contributed by atoms with van der Waals surface area (Å²) in [5, 5.41) is 0. The molecule has 0 saturated carbocycles. The van der Waals surface area contributed by atoms with E-state index in [9.17, 15) is 0 Å². The summed E-state index contributed by atoms with van der Waals surface area (Å²) in [6.07, 6.45) is 11.7. The van der Waals surface area contributed by atoms with Crippen LogP contribution in [0.4, 0.5) is 5.69 Å². The van der Waals surface area contributed by atoms with Crippen LogP contribution in [-0.4, -0.2) is 0 Å². The fourth-order valence-corrected chi connectivity index (χ4v) is 5.99. The number of hydrogen-bond donors (Lipinski definition) is 1. The van der Waals surface area contributed by atoms with Gasteiger partial charge in [0.1, 0.15) is 0 Å². The molecule has 2 N–H and O–H groups in total. The maximum absolute atomic E-state index is 5.91. The van der Waals surface area contributed by atoms with Crippen molar-refractivity contribution in [2.24, 2.45) is 10.8 Å². The quantitative estimate of drug-likeness (QED) is 0.206. The number of anilines is 1. The molecule has 0 saturated heterocycles. The van der Waals surface area contributed by atoms with Crippen LogP contribution >= 0.6 is 0 Å². The Bertz CT molecular complexity index is 1050. The smallest absolute Gasteiger partial charge is 0.0314 e. The SMILES string of the molecule is C=C(Cc1ccc(N)cc1)Cc1cc(CCCCC)cc(C)c1C1CC(C)=CCC1(C)C(C)(C)C.CC. The van der Waals surface area contributed by atoms with Crippen LogP contribution in [0.2, 0.25) is 0 Å². The molecule has 2 unspecified atom stereocenters. The fraction of sp³-hybridized carbons (Fsp3) is 0.556. The van der Waals surface area contributed by atoms with Crippen molar-refractivity contribution < 1.29 is 0 Å². The molecule has 2 atom stereocenters. The topological polar surface area (TPSA) is 26.0 Å². The number of aryl methyl sites for hydroxylation is 2. The summed E-state index contributed by atoms with van der Waals surface area (Å²) in [6, 6.07) is 13.3. The molecule has 0 bridgehead atoms. The van der Waals surface area contributed by atoms with Crippen molar-refractivity contribution in [2.75, 3.05) is 5.73 Å². The summed E-state index contributed by atoms with van der Waals surface area (Å²) in [4.78, 5) is 0. The molecule has 0 radical (unpaired) electrons. The summed E-state index contributed by atoms with van der Waals surface area (Å²) in [5.41, 5.74) is 17.3. The van der Waals surface area contributed by atoms with Gasteiger partial charge in [-0.15, -0.1) is 0 Å². The maximum atomic E-state index is 5.91. The Kier molecular flexibility index (Phi) is 11.3. The summed E-state index contributed by atoms with van der Waals surface area (Å²) in [7, 11) is 0. The number of benzene rings is 2. The second-order valence-electron chi connectivity index (χ2n) is 12.5. The van der Waals surface area contributed by atoms with Crippen molar-refractivity contribution in [1.29, 1.82) is 0 Å². The van der Waals surface area contributed by atoms with E-state index < -0.39 is 0 Å². The lowest BCUT2D eigenvalue weighted by atomic mass is 9.53. The Hall–Kier alpha value is -2.28. The number of nitrogen functional groups attached to an aromatic ring is 1. The van der Waals surface area contributed by atoms with Gasteiger partial charge in [0.25, 0.3) is 0 Å².